The highest BCUT2D eigenvalue weighted by molar-refractivity contribution is 7.88. The fourth-order valence-electron chi connectivity index (χ4n) is 1.23. The van der Waals surface area contributed by atoms with E-state index >= 15 is 0 Å². The molecule has 0 bridgehead atoms. The molecule has 2 N–H and O–H groups in total. The van der Waals surface area contributed by atoms with E-state index in [0.29, 0.717) is 12.8 Å². The van der Waals surface area contributed by atoms with Crippen molar-refractivity contribution in [3.63, 3.8) is 0 Å². The van der Waals surface area contributed by atoms with E-state index in [1.54, 1.807) is 0 Å². The zero-order chi connectivity index (χ0) is 14.3. The molecule has 0 saturated carbocycles. The normalized spacial score (nSPS) is 13.3. The lowest BCUT2D eigenvalue weighted by atomic mass is 10.1. The molecule has 0 fully saturated rings. The third-order valence-corrected chi connectivity index (χ3v) is 3.67. The highest BCUT2D eigenvalue weighted by Crippen LogP contribution is 2.01. The summed E-state index contributed by atoms with van der Waals surface area (Å²) in [5.41, 5.74) is 0. The molecular weight excluding hydrogens is 260 g/mol. The molecule has 7 nitrogen and oxygen atoms in total. The predicted molar refractivity (Wildman–Crippen MR) is 66.6 cm³/mol. The van der Waals surface area contributed by atoms with Crippen LogP contribution in [0.5, 0.6) is 0 Å². The molecule has 0 aliphatic carbocycles. The van der Waals surface area contributed by atoms with Gasteiger partial charge < -0.3 is 10.4 Å². The second kappa shape index (κ2) is 7.32. The fraction of sp³-hybridized carbons (Fsp3) is 0.800. The van der Waals surface area contributed by atoms with Crippen LogP contribution in [-0.4, -0.2) is 55.6 Å². The summed E-state index contributed by atoms with van der Waals surface area (Å²) in [7, 11) is -2.19. The molecule has 106 valence electrons. The number of likely N-dealkylation sites (N-methyl/N-ethyl adjacent to an activating group) is 1. The highest BCUT2D eigenvalue weighted by atomic mass is 32.2. The molecule has 0 saturated heterocycles. The third kappa shape index (κ3) is 6.55. The molecule has 8 heteroatoms. The smallest absolute Gasteiger partial charge is 0.326 e. The van der Waals surface area contributed by atoms with Crippen LogP contribution in [0.1, 0.15) is 26.2 Å². The number of hydrogen-bond donors (Lipinski definition) is 2. The summed E-state index contributed by atoms with van der Waals surface area (Å²) < 4.78 is 23.0. The molecule has 0 spiro atoms. The summed E-state index contributed by atoms with van der Waals surface area (Å²) in [6, 6.07) is -0.967. The first-order chi connectivity index (χ1) is 8.18. The first kappa shape index (κ1) is 16.9. The topological polar surface area (TPSA) is 104 Å². The molecule has 0 radical (unpaired) electrons. The minimum atomic E-state index is -3.45. The third-order valence-electron chi connectivity index (χ3n) is 2.41. The van der Waals surface area contributed by atoms with Crippen molar-refractivity contribution >= 4 is 21.9 Å². The van der Waals surface area contributed by atoms with Crippen molar-refractivity contribution in [3.05, 3.63) is 0 Å². The van der Waals surface area contributed by atoms with Gasteiger partial charge in [-0.25, -0.2) is 13.2 Å². The number of nitrogens with one attached hydrogen (secondary N) is 1. The maximum atomic E-state index is 11.5. The van der Waals surface area contributed by atoms with Crippen molar-refractivity contribution in [2.45, 2.75) is 32.2 Å². The summed E-state index contributed by atoms with van der Waals surface area (Å²) >= 11 is 0. The van der Waals surface area contributed by atoms with E-state index in [0.717, 1.165) is 17.0 Å². The van der Waals surface area contributed by atoms with Crippen molar-refractivity contribution in [1.29, 1.82) is 0 Å². The summed E-state index contributed by atoms with van der Waals surface area (Å²) in [6.07, 6.45) is 2.81. The molecule has 0 aromatic heterocycles. The van der Waals surface area contributed by atoms with Gasteiger partial charge in [-0.15, -0.1) is 0 Å². The van der Waals surface area contributed by atoms with E-state index in [4.69, 9.17) is 5.11 Å². The summed E-state index contributed by atoms with van der Waals surface area (Å²) in [4.78, 5) is 22.4. The van der Waals surface area contributed by atoms with E-state index in [9.17, 15) is 18.0 Å². The van der Waals surface area contributed by atoms with Gasteiger partial charge in [0.1, 0.15) is 6.04 Å². The largest absolute Gasteiger partial charge is 0.480 e. The summed E-state index contributed by atoms with van der Waals surface area (Å²) in [5.74, 6) is -1.73. The van der Waals surface area contributed by atoms with E-state index in [1.807, 2.05) is 6.92 Å². The van der Waals surface area contributed by atoms with Crippen LogP contribution < -0.4 is 5.32 Å². The SMILES string of the molecule is CCCCC(NC(=O)CN(C)S(C)(=O)=O)C(=O)O. The van der Waals surface area contributed by atoms with Crippen LogP contribution in [0, 0.1) is 0 Å². The Morgan fingerprint density at radius 1 is 1.39 bits per heavy atom. The molecular formula is C10H20N2O5S. The average Bonchev–Trinajstić information content (AvgIpc) is 2.22. The number of carbonyl (C=O) groups excluding carboxylic acids is 1. The molecule has 1 amide bonds. The monoisotopic (exact) mass is 280 g/mol. The van der Waals surface area contributed by atoms with E-state index < -0.39 is 27.9 Å². The van der Waals surface area contributed by atoms with Crippen molar-refractivity contribution in [3.8, 4) is 0 Å². The zero-order valence-corrected chi connectivity index (χ0v) is 11.7. The lowest BCUT2D eigenvalue weighted by Gasteiger charge is -2.17. The highest BCUT2D eigenvalue weighted by Gasteiger charge is 2.21. The number of hydrogen-bond acceptors (Lipinski definition) is 4. The first-order valence-electron chi connectivity index (χ1n) is 5.62. The van der Waals surface area contributed by atoms with Crippen LogP contribution >= 0.6 is 0 Å². The van der Waals surface area contributed by atoms with Gasteiger partial charge in [-0.2, -0.15) is 4.31 Å². The molecule has 0 rings (SSSR count). The number of nitrogens with zero attached hydrogens (tertiary/aromatic N) is 1. The molecule has 1 unspecified atom stereocenters. The lowest BCUT2D eigenvalue weighted by Crippen LogP contribution is -2.45. The molecule has 0 aliphatic rings. The van der Waals surface area contributed by atoms with Crippen molar-refractivity contribution < 1.29 is 23.1 Å². The van der Waals surface area contributed by atoms with Gasteiger partial charge in [0, 0.05) is 7.05 Å². The zero-order valence-electron chi connectivity index (χ0n) is 10.8. The van der Waals surface area contributed by atoms with E-state index in [2.05, 4.69) is 5.32 Å². The molecule has 0 aromatic carbocycles. The molecule has 0 aliphatic heterocycles. The van der Waals surface area contributed by atoms with E-state index in [1.165, 1.54) is 7.05 Å². The second-order valence-electron chi connectivity index (χ2n) is 4.12. The Morgan fingerprint density at radius 2 is 1.94 bits per heavy atom. The fourth-order valence-corrected chi connectivity index (χ4v) is 1.58. The van der Waals surface area contributed by atoms with Crippen LogP contribution in [0.2, 0.25) is 0 Å². The minimum absolute atomic E-state index is 0.333. The first-order valence-corrected chi connectivity index (χ1v) is 7.46. The Labute approximate surface area is 107 Å². The second-order valence-corrected chi connectivity index (χ2v) is 6.21. The Morgan fingerprint density at radius 3 is 2.33 bits per heavy atom. The number of sulfonamides is 1. The lowest BCUT2D eigenvalue weighted by molar-refractivity contribution is -0.142. The number of unbranched alkanes of at least 4 members (excludes halogenated alkanes) is 1. The number of carbonyl (C=O) groups is 2. The summed E-state index contributed by atoms with van der Waals surface area (Å²) in [6.45, 7) is 1.53. The number of aliphatic carboxylic acids is 1. The van der Waals surface area contributed by atoms with Crippen LogP contribution in [0.4, 0.5) is 0 Å². The van der Waals surface area contributed by atoms with Crippen LogP contribution in [0.3, 0.4) is 0 Å². The van der Waals surface area contributed by atoms with Crippen LogP contribution in [0.25, 0.3) is 0 Å². The molecule has 18 heavy (non-hydrogen) atoms. The Kier molecular flexibility index (Phi) is 6.85. The average molecular weight is 280 g/mol. The maximum Gasteiger partial charge on any atom is 0.326 e. The Bertz CT molecular complexity index is 393. The molecule has 0 aromatic rings. The van der Waals surface area contributed by atoms with Gasteiger partial charge in [0.15, 0.2) is 0 Å². The van der Waals surface area contributed by atoms with Gasteiger partial charge in [0.05, 0.1) is 12.8 Å². The van der Waals surface area contributed by atoms with Gasteiger partial charge in [0.25, 0.3) is 0 Å². The number of amides is 1. The van der Waals surface area contributed by atoms with Crippen LogP contribution in [0.15, 0.2) is 0 Å². The van der Waals surface area contributed by atoms with Gasteiger partial charge >= 0.3 is 5.97 Å². The van der Waals surface area contributed by atoms with Crippen molar-refractivity contribution in [2.24, 2.45) is 0 Å². The van der Waals surface area contributed by atoms with Gasteiger partial charge in [-0.3, -0.25) is 4.79 Å². The van der Waals surface area contributed by atoms with Gasteiger partial charge in [-0.1, -0.05) is 19.8 Å². The molecule has 1 atom stereocenters. The Hall–Kier alpha value is -1.15. The number of rotatable bonds is 8. The van der Waals surface area contributed by atoms with Gasteiger partial charge in [-0.05, 0) is 6.42 Å². The molecule has 0 heterocycles. The van der Waals surface area contributed by atoms with Crippen molar-refractivity contribution in [1.82, 2.24) is 9.62 Å². The van der Waals surface area contributed by atoms with E-state index in [-0.39, 0.29) is 6.54 Å². The maximum absolute atomic E-state index is 11.5. The summed E-state index contributed by atoms with van der Waals surface area (Å²) in [5, 5.41) is 11.2. The van der Waals surface area contributed by atoms with Crippen molar-refractivity contribution in [2.75, 3.05) is 19.8 Å². The number of carboxylic acid groups (broad SMARTS) is 1. The van der Waals surface area contributed by atoms with Gasteiger partial charge in [0.2, 0.25) is 15.9 Å². The van der Waals surface area contributed by atoms with Crippen LogP contribution in [-0.2, 0) is 19.6 Å². The minimum Gasteiger partial charge on any atom is -0.480 e. The quantitative estimate of drug-likeness (QED) is 0.631. The number of carboxylic acids is 1. The Balaban J connectivity index is 4.39. The standard InChI is InChI=1S/C10H20N2O5S/c1-4-5-6-8(10(14)15)11-9(13)7-12(2)18(3,16)17/h8H,4-7H2,1-3H3,(H,11,13)(H,14,15). The predicted octanol–water partition coefficient (Wildman–Crippen LogP) is -0.363.